The van der Waals surface area contributed by atoms with Crippen LogP contribution in [-0.2, 0) is 9.47 Å². The third kappa shape index (κ3) is 4.28. The van der Waals surface area contributed by atoms with Gasteiger partial charge in [-0.3, -0.25) is 4.99 Å². The average molecular weight is 462 g/mol. The molecular weight excluding hydrogens is 430 g/mol. The van der Waals surface area contributed by atoms with Crippen LogP contribution in [0.15, 0.2) is 41.4 Å². The first-order chi connectivity index (χ1) is 16.5. The highest BCUT2D eigenvalue weighted by molar-refractivity contribution is 5.98. The number of ether oxygens (including phenoxy) is 2. The minimum absolute atomic E-state index is 0.192. The Hall–Kier alpha value is -3.30. The normalized spacial score (nSPS) is 21.8. The van der Waals surface area contributed by atoms with E-state index in [1.165, 1.54) is 0 Å². The Morgan fingerprint density at radius 1 is 0.971 bits per heavy atom. The lowest BCUT2D eigenvalue weighted by Crippen LogP contribution is -2.46. The summed E-state index contributed by atoms with van der Waals surface area (Å²) < 4.78 is 11.3. The molecule has 2 aliphatic heterocycles. The van der Waals surface area contributed by atoms with E-state index < -0.39 is 0 Å². The van der Waals surface area contributed by atoms with Gasteiger partial charge in [0.05, 0.1) is 49.6 Å². The fraction of sp³-hybridized carbons (Fsp3) is 0.440. The molecule has 3 aromatic rings. The maximum Gasteiger partial charge on any atom is 0.229 e. The molecule has 2 atom stereocenters. The zero-order valence-corrected chi connectivity index (χ0v) is 19.9. The molecule has 0 aliphatic carbocycles. The van der Waals surface area contributed by atoms with Crippen molar-refractivity contribution < 1.29 is 9.47 Å². The van der Waals surface area contributed by atoms with Crippen LogP contribution in [0.3, 0.4) is 0 Å². The molecule has 0 bridgehead atoms. The smallest absolute Gasteiger partial charge is 0.229 e. The second-order valence-electron chi connectivity index (χ2n) is 8.84. The Balaban J connectivity index is 1.64. The van der Waals surface area contributed by atoms with Crippen LogP contribution in [0.2, 0.25) is 0 Å². The summed E-state index contributed by atoms with van der Waals surface area (Å²) in [6.07, 6.45) is 0. The van der Waals surface area contributed by atoms with Gasteiger partial charge >= 0.3 is 0 Å². The molecule has 9 heteroatoms. The van der Waals surface area contributed by atoms with Crippen LogP contribution in [0.1, 0.15) is 19.4 Å². The number of nitrogens with zero attached hydrogens (tertiary/aromatic N) is 6. The molecule has 0 amide bonds. The molecule has 4 heterocycles. The quantitative estimate of drug-likeness (QED) is 0.467. The highest BCUT2D eigenvalue weighted by atomic mass is 16.5. The van der Waals surface area contributed by atoms with E-state index in [0.717, 1.165) is 41.1 Å². The molecule has 0 spiro atoms. The molecule has 34 heavy (non-hydrogen) atoms. The lowest BCUT2D eigenvalue weighted by Gasteiger charge is -2.37. The molecule has 0 saturated carbocycles. The second kappa shape index (κ2) is 9.52. The zero-order chi connectivity index (χ0) is 23.7. The fourth-order valence-electron chi connectivity index (χ4n) is 4.52. The molecule has 2 fully saturated rings. The van der Waals surface area contributed by atoms with Gasteiger partial charge in [-0.05, 0) is 32.0 Å². The third-order valence-electron chi connectivity index (χ3n) is 6.49. The standard InChI is InChI=1S/C25H31N7O2/c1-16-14-33-11-9-31(16)24-20-7-8-21(18-5-4-6-19(13-18)22(26)27-3)28-23(20)29-25(30-24)32-10-12-34-15-17(32)2/h4-8,13,16-17H,9-12,14-15H2,1-3H3,(H2,26,27)/t16-,17-/m0/s1. The fourth-order valence-corrected chi connectivity index (χ4v) is 4.52. The van der Waals surface area contributed by atoms with Gasteiger partial charge in [0.1, 0.15) is 11.7 Å². The van der Waals surface area contributed by atoms with Gasteiger partial charge in [0.15, 0.2) is 5.65 Å². The summed E-state index contributed by atoms with van der Waals surface area (Å²) in [5.41, 5.74) is 9.39. The van der Waals surface area contributed by atoms with Crippen LogP contribution >= 0.6 is 0 Å². The molecule has 9 nitrogen and oxygen atoms in total. The number of hydrogen-bond donors (Lipinski definition) is 1. The van der Waals surface area contributed by atoms with E-state index in [4.69, 9.17) is 30.2 Å². The number of anilines is 2. The summed E-state index contributed by atoms with van der Waals surface area (Å²) in [4.78, 5) is 23.6. The van der Waals surface area contributed by atoms with E-state index in [0.29, 0.717) is 43.9 Å². The predicted molar refractivity (Wildman–Crippen MR) is 135 cm³/mol. The largest absolute Gasteiger partial charge is 0.384 e. The van der Waals surface area contributed by atoms with Crippen molar-refractivity contribution in [2.24, 2.45) is 10.7 Å². The zero-order valence-electron chi connectivity index (χ0n) is 19.9. The number of morpholine rings is 2. The number of nitrogens with two attached hydrogens (primary N) is 1. The SMILES string of the molecule is CN=C(N)c1cccc(-c2ccc3c(N4CCOC[C@@H]4C)nc(N4CCOC[C@@H]4C)nc3n2)c1. The van der Waals surface area contributed by atoms with Gasteiger partial charge in [-0.15, -0.1) is 0 Å². The number of fused-ring (bicyclic) bond motifs is 1. The third-order valence-corrected chi connectivity index (χ3v) is 6.49. The monoisotopic (exact) mass is 461 g/mol. The second-order valence-corrected chi connectivity index (χ2v) is 8.84. The van der Waals surface area contributed by atoms with Crippen molar-refractivity contribution >= 4 is 28.6 Å². The van der Waals surface area contributed by atoms with Gasteiger partial charge in [0.2, 0.25) is 5.95 Å². The topological polar surface area (TPSA) is 102 Å². The van der Waals surface area contributed by atoms with Gasteiger partial charge < -0.3 is 25.0 Å². The van der Waals surface area contributed by atoms with Crippen molar-refractivity contribution in [2.45, 2.75) is 25.9 Å². The summed E-state index contributed by atoms with van der Waals surface area (Å²) in [7, 11) is 1.69. The number of pyridine rings is 1. The Labute approximate surface area is 199 Å². The molecular formula is C25H31N7O2. The van der Waals surface area contributed by atoms with Crippen LogP contribution in [0.5, 0.6) is 0 Å². The Kier molecular flexibility index (Phi) is 6.30. The lowest BCUT2D eigenvalue weighted by molar-refractivity contribution is 0.0973. The number of rotatable bonds is 4. The molecule has 2 saturated heterocycles. The van der Waals surface area contributed by atoms with Gasteiger partial charge in [-0.25, -0.2) is 4.98 Å². The summed E-state index contributed by atoms with van der Waals surface area (Å²) >= 11 is 0. The van der Waals surface area contributed by atoms with Gasteiger partial charge in [0.25, 0.3) is 0 Å². The van der Waals surface area contributed by atoms with Crippen LogP contribution < -0.4 is 15.5 Å². The predicted octanol–water partition coefficient (Wildman–Crippen LogP) is 2.48. The molecule has 1 aromatic carbocycles. The number of aliphatic imine (C=N–C) groups is 1. The van der Waals surface area contributed by atoms with Crippen molar-refractivity contribution in [3.63, 3.8) is 0 Å². The van der Waals surface area contributed by atoms with Crippen LogP contribution in [0, 0.1) is 0 Å². The van der Waals surface area contributed by atoms with Crippen LogP contribution in [-0.4, -0.2) is 79.4 Å². The van der Waals surface area contributed by atoms with Crippen molar-refractivity contribution in [3.05, 3.63) is 42.0 Å². The van der Waals surface area contributed by atoms with Crippen molar-refractivity contribution in [1.82, 2.24) is 15.0 Å². The maximum atomic E-state index is 6.04. The summed E-state index contributed by atoms with van der Waals surface area (Å²) in [6, 6.07) is 12.5. The number of hydrogen-bond acceptors (Lipinski definition) is 8. The summed E-state index contributed by atoms with van der Waals surface area (Å²) in [5, 5.41) is 0.938. The molecule has 0 radical (unpaired) electrons. The highest BCUT2D eigenvalue weighted by Crippen LogP contribution is 2.31. The van der Waals surface area contributed by atoms with E-state index in [2.05, 4.69) is 34.7 Å². The van der Waals surface area contributed by atoms with E-state index in [1.807, 2.05) is 30.3 Å². The summed E-state index contributed by atoms with van der Waals surface area (Å²) in [6.45, 7) is 8.51. The van der Waals surface area contributed by atoms with Crippen LogP contribution in [0.4, 0.5) is 11.8 Å². The van der Waals surface area contributed by atoms with Gasteiger partial charge in [0, 0.05) is 31.3 Å². The van der Waals surface area contributed by atoms with E-state index in [-0.39, 0.29) is 12.1 Å². The summed E-state index contributed by atoms with van der Waals surface area (Å²) in [5.74, 6) is 2.10. The van der Waals surface area contributed by atoms with E-state index >= 15 is 0 Å². The number of aromatic nitrogens is 3. The molecule has 178 valence electrons. The molecule has 2 N–H and O–H groups in total. The maximum absolute atomic E-state index is 6.04. The Morgan fingerprint density at radius 2 is 1.71 bits per heavy atom. The van der Waals surface area contributed by atoms with E-state index in [1.54, 1.807) is 7.05 Å². The molecule has 2 aromatic heterocycles. The van der Waals surface area contributed by atoms with E-state index in [9.17, 15) is 0 Å². The van der Waals surface area contributed by atoms with Crippen molar-refractivity contribution in [3.8, 4) is 11.3 Å². The Bertz CT molecular complexity index is 1220. The van der Waals surface area contributed by atoms with Gasteiger partial charge in [-0.1, -0.05) is 18.2 Å². The lowest BCUT2D eigenvalue weighted by atomic mass is 10.1. The van der Waals surface area contributed by atoms with Crippen LogP contribution in [0.25, 0.3) is 22.3 Å². The first-order valence-electron chi connectivity index (χ1n) is 11.8. The minimum Gasteiger partial charge on any atom is -0.384 e. The molecule has 5 rings (SSSR count). The molecule has 2 aliphatic rings. The molecule has 0 unspecified atom stereocenters. The van der Waals surface area contributed by atoms with Crippen molar-refractivity contribution in [1.29, 1.82) is 0 Å². The number of amidine groups is 1. The van der Waals surface area contributed by atoms with Crippen molar-refractivity contribution in [2.75, 3.05) is 56.4 Å². The highest BCUT2D eigenvalue weighted by Gasteiger charge is 2.27. The first kappa shape index (κ1) is 22.5. The first-order valence-corrected chi connectivity index (χ1v) is 11.8. The van der Waals surface area contributed by atoms with Gasteiger partial charge in [-0.2, -0.15) is 9.97 Å². The Morgan fingerprint density at radius 3 is 2.41 bits per heavy atom. The average Bonchev–Trinajstić information content (AvgIpc) is 2.88. The minimum atomic E-state index is 0.192. The number of benzene rings is 1.